The first-order valence-corrected chi connectivity index (χ1v) is 3.22. The van der Waals surface area contributed by atoms with E-state index >= 15 is 0 Å². The van der Waals surface area contributed by atoms with E-state index in [0.717, 1.165) is 6.54 Å². The molecule has 0 radical (unpaired) electrons. The van der Waals surface area contributed by atoms with Crippen molar-refractivity contribution in [3.05, 3.63) is 30.3 Å². The fourth-order valence-corrected chi connectivity index (χ4v) is 0.760. The summed E-state index contributed by atoms with van der Waals surface area (Å²) in [7, 11) is 0. The molecule has 1 nitrogen and oxygen atoms in total. The molecule has 0 heterocycles. The Kier molecular flexibility index (Phi) is 5.20. The molecule has 0 aromatic heterocycles. The number of anilines is 1. The van der Waals surface area contributed by atoms with E-state index in [9.17, 15) is 0 Å². The average Bonchev–Trinajstić information content (AvgIpc) is 1.91. The van der Waals surface area contributed by atoms with Crippen LogP contribution in [0.5, 0.6) is 0 Å². The van der Waals surface area contributed by atoms with Crippen LogP contribution in [0.3, 0.4) is 0 Å². The maximum Gasteiger partial charge on any atom is 1.00 e. The molecule has 10 heavy (non-hydrogen) atoms. The molecule has 0 aliphatic heterocycles. The van der Waals surface area contributed by atoms with E-state index in [-0.39, 0.29) is 20.3 Å². The van der Waals surface area contributed by atoms with Crippen molar-refractivity contribution < 1.29 is 20.3 Å². The van der Waals surface area contributed by atoms with Gasteiger partial charge < -0.3 is 6.74 Å². The summed E-state index contributed by atoms with van der Waals surface area (Å²) < 4.78 is 0. The van der Waals surface area contributed by atoms with E-state index < -0.39 is 0 Å². The second kappa shape index (κ2) is 5.41. The maximum atomic E-state index is 3.21. The SMILES string of the molecule is CCNc1ccccc1.[H-].[Li+]. The van der Waals surface area contributed by atoms with Crippen LogP contribution in [0.25, 0.3) is 0 Å². The van der Waals surface area contributed by atoms with Crippen LogP contribution in [0.2, 0.25) is 0 Å². The fraction of sp³-hybridized carbons (Fsp3) is 0.250. The van der Waals surface area contributed by atoms with Gasteiger partial charge in [-0.2, -0.15) is 0 Å². The first-order chi connectivity index (χ1) is 4.43. The van der Waals surface area contributed by atoms with Crippen LogP contribution in [-0.4, -0.2) is 6.54 Å². The number of hydrogen-bond donors (Lipinski definition) is 1. The Bertz CT molecular complexity index is 167. The summed E-state index contributed by atoms with van der Waals surface area (Å²) >= 11 is 0. The van der Waals surface area contributed by atoms with Crippen molar-refractivity contribution in [2.24, 2.45) is 0 Å². The summed E-state index contributed by atoms with van der Waals surface area (Å²) in [5.41, 5.74) is 1.19. The van der Waals surface area contributed by atoms with Gasteiger partial charge in [0, 0.05) is 12.2 Å². The summed E-state index contributed by atoms with van der Waals surface area (Å²) in [5.74, 6) is 0. The molecule has 1 aromatic carbocycles. The van der Waals surface area contributed by atoms with Gasteiger partial charge in [0.1, 0.15) is 0 Å². The van der Waals surface area contributed by atoms with Gasteiger partial charge in [-0.25, -0.2) is 0 Å². The topological polar surface area (TPSA) is 12.0 Å². The zero-order valence-electron chi connectivity index (χ0n) is 7.59. The molecule has 0 unspecified atom stereocenters. The first-order valence-electron chi connectivity index (χ1n) is 3.22. The van der Waals surface area contributed by atoms with Gasteiger partial charge in [-0.1, -0.05) is 18.2 Å². The van der Waals surface area contributed by atoms with Crippen molar-refractivity contribution in [2.75, 3.05) is 11.9 Å². The molecule has 0 spiro atoms. The average molecular weight is 129 g/mol. The van der Waals surface area contributed by atoms with E-state index in [2.05, 4.69) is 24.4 Å². The third kappa shape index (κ3) is 2.96. The predicted octanol–water partition coefficient (Wildman–Crippen LogP) is -0.765. The molecule has 0 saturated carbocycles. The van der Waals surface area contributed by atoms with Gasteiger partial charge in [-0.3, -0.25) is 0 Å². The van der Waals surface area contributed by atoms with Crippen molar-refractivity contribution in [1.82, 2.24) is 0 Å². The quantitative estimate of drug-likeness (QED) is 0.517. The van der Waals surface area contributed by atoms with Gasteiger partial charge in [-0.05, 0) is 19.1 Å². The largest absolute Gasteiger partial charge is 1.00 e. The molecule has 0 bridgehead atoms. The van der Waals surface area contributed by atoms with Crippen molar-refractivity contribution in [3.8, 4) is 0 Å². The Morgan fingerprint density at radius 2 is 1.90 bits per heavy atom. The Hall–Kier alpha value is -0.383. The van der Waals surface area contributed by atoms with Crippen LogP contribution in [0, 0.1) is 0 Å². The third-order valence-corrected chi connectivity index (χ3v) is 1.15. The normalized spacial score (nSPS) is 8.10. The standard InChI is InChI=1S/C8H11N.Li.H/c1-2-9-8-6-4-3-5-7-8;;/h3-7,9H,2H2,1H3;;/q;+1;-1. The van der Waals surface area contributed by atoms with Gasteiger partial charge in [-0.15, -0.1) is 0 Å². The Morgan fingerprint density at radius 3 is 2.40 bits per heavy atom. The van der Waals surface area contributed by atoms with Gasteiger partial charge >= 0.3 is 18.9 Å². The van der Waals surface area contributed by atoms with Crippen molar-refractivity contribution in [2.45, 2.75) is 6.92 Å². The number of para-hydroxylation sites is 1. The fourth-order valence-electron chi connectivity index (χ4n) is 0.760. The van der Waals surface area contributed by atoms with Crippen LogP contribution in [0.1, 0.15) is 8.35 Å². The number of nitrogens with one attached hydrogen (secondary N) is 1. The Labute approximate surface area is 75.5 Å². The van der Waals surface area contributed by atoms with Crippen LogP contribution >= 0.6 is 0 Å². The molecule has 0 atom stereocenters. The van der Waals surface area contributed by atoms with Crippen LogP contribution in [-0.2, 0) is 0 Å². The second-order valence-electron chi connectivity index (χ2n) is 1.90. The molecule has 0 saturated heterocycles. The minimum atomic E-state index is 0. The number of hydrogen-bond acceptors (Lipinski definition) is 1. The van der Waals surface area contributed by atoms with Crippen molar-refractivity contribution in [1.29, 1.82) is 0 Å². The van der Waals surface area contributed by atoms with Crippen molar-refractivity contribution in [3.63, 3.8) is 0 Å². The molecule has 0 aliphatic rings. The van der Waals surface area contributed by atoms with E-state index in [1.165, 1.54) is 5.69 Å². The molecule has 1 aromatic rings. The van der Waals surface area contributed by atoms with E-state index in [4.69, 9.17) is 0 Å². The smallest absolute Gasteiger partial charge is 1.00 e. The molecule has 1 N–H and O–H groups in total. The summed E-state index contributed by atoms with van der Waals surface area (Å²) in [6, 6.07) is 10.2. The van der Waals surface area contributed by atoms with Gasteiger partial charge in [0.05, 0.1) is 0 Å². The summed E-state index contributed by atoms with van der Waals surface area (Å²) in [4.78, 5) is 0. The third-order valence-electron chi connectivity index (χ3n) is 1.15. The maximum absolute atomic E-state index is 3.21. The molecular formula is C8H12LiN. The zero-order chi connectivity index (χ0) is 6.53. The zero-order valence-corrected chi connectivity index (χ0v) is 6.59. The molecule has 0 fully saturated rings. The number of benzene rings is 1. The molecule has 50 valence electrons. The van der Waals surface area contributed by atoms with E-state index in [1.807, 2.05) is 18.2 Å². The Morgan fingerprint density at radius 1 is 1.30 bits per heavy atom. The van der Waals surface area contributed by atoms with Crippen LogP contribution in [0.4, 0.5) is 5.69 Å². The monoisotopic (exact) mass is 129 g/mol. The first kappa shape index (κ1) is 9.62. The molecule has 0 aliphatic carbocycles. The second-order valence-corrected chi connectivity index (χ2v) is 1.90. The molecular weight excluding hydrogens is 117 g/mol. The van der Waals surface area contributed by atoms with Crippen LogP contribution < -0.4 is 24.2 Å². The van der Waals surface area contributed by atoms with Gasteiger partial charge in [0.2, 0.25) is 0 Å². The van der Waals surface area contributed by atoms with Crippen molar-refractivity contribution >= 4 is 5.69 Å². The molecule has 1 rings (SSSR count). The Balaban J connectivity index is 0. The number of rotatable bonds is 2. The summed E-state index contributed by atoms with van der Waals surface area (Å²) in [6.45, 7) is 3.08. The molecule has 2 heteroatoms. The molecule has 0 amide bonds. The van der Waals surface area contributed by atoms with E-state index in [1.54, 1.807) is 0 Å². The van der Waals surface area contributed by atoms with Gasteiger partial charge in [0.15, 0.2) is 0 Å². The summed E-state index contributed by atoms with van der Waals surface area (Å²) in [5, 5.41) is 3.21. The van der Waals surface area contributed by atoms with Crippen LogP contribution in [0.15, 0.2) is 30.3 Å². The van der Waals surface area contributed by atoms with Gasteiger partial charge in [0.25, 0.3) is 0 Å². The predicted molar refractivity (Wildman–Crippen MR) is 41.7 cm³/mol. The van der Waals surface area contributed by atoms with E-state index in [0.29, 0.717) is 0 Å². The minimum Gasteiger partial charge on any atom is -1.00 e. The minimum absolute atomic E-state index is 0. The summed E-state index contributed by atoms with van der Waals surface area (Å²) in [6.07, 6.45) is 0.